The second-order valence-electron chi connectivity index (χ2n) is 11.0. The molecule has 39 heavy (non-hydrogen) atoms. The van der Waals surface area contributed by atoms with Gasteiger partial charge in [0, 0.05) is 11.3 Å². The van der Waals surface area contributed by atoms with Crippen molar-refractivity contribution >= 4 is 23.6 Å². The van der Waals surface area contributed by atoms with E-state index in [4.69, 9.17) is 11.3 Å². The lowest BCUT2D eigenvalue weighted by atomic mass is 9.87. The van der Waals surface area contributed by atoms with Gasteiger partial charge < -0.3 is 11.1 Å². The Bertz CT molecular complexity index is 1320. The SMILES string of the molecule is CC(C)c1ccc(C(C)NC(=O)N(Cc2ccc(C(=O)N=C(N)N=N)cc2)c2ccc(C(C)(C)C)cc2)cc1. The summed E-state index contributed by atoms with van der Waals surface area (Å²) in [5, 5.41) is 6.09. The molecular formula is C31H38N6O2. The third-order valence-corrected chi connectivity index (χ3v) is 6.61. The summed E-state index contributed by atoms with van der Waals surface area (Å²) in [6.07, 6.45) is 0. The summed E-state index contributed by atoms with van der Waals surface area (Å²) in [5.74, 6) is -0.549. The first-order valence-corrected chi connectivity index (χ1v) is 13.0. The van der Waals surface area contributed by atoms with Crippen molar-refractivity contribution < 1.29 is 9.59 Å². The molecule has 3 aromatic carbocycles. The fourth-order valence-electron chi connectivity index (χ4n) is 4.07. The van der Waals surface area contributed by atoms with Crippen LogP contribution in [0.3, 0.4) is 0 Å². The van der Waals surface area contributed by atoms with Gasteiger partial charge in [0.25, 0.3) is 5.91 Å². The van der Waals surface area contributed by atoms with E-state index in [1.165, 1.54) is 11.1 Å². The fourth-order valence-corrected chi connectivity index (χ4v) is 4.07. The van der Waals surface area contributed by atoms with Gasteiger partial charge in [-0.15, -0.1) is 5.11 Å². The van der Waals surface area contributed by atoms with Crippen LogP contribution >= 0.6 is 0 Å². The van der Waals surface area contributed by atoms with E-state index in [9.17, 15) is 9.59 Å². The van der Waals surface area contributed by atoms with Crippen molar-refractivity contribution in [2.75, 3.05) is 4.90 Å². The molecule has 0 aromatic heterocycles. The van der Waals surface area contributed by atoms with Gasteiger partial charge in [0.15, 0.2) is 0 Å². The summed E-state index contributed by atoms with van der Waals surface area (Å²) in [7, 11) is 0. The monoisotopic (exact) mass is 526 g/mol. The van der Waals surface area contributed by atoms with Crippen LogP contribution < -0.4 is 16.0 Å². The number of hydrogen-bond acceptors (Lipinski definition) is 3. The molecule has 0 fully saturated rings. The number of hydrogen-bond donors (Lipinski definition) is 3. The third-order valence-electron chi connectivity index (χ3n) is 6.61. The van der Waals surface area contributed by atoms with E-state index in [-0.39, 0.29) is 17.5 Å². The first-order chi connectivity index (χ1) is 18.4. The van der Waals surface area contributed by atoms with Crippen LogP contribution in [0, 0.1) is 5.53 Å². The van der Waals surface area contributed by atoms with Crippen molar-refractivity contribution in [1.29, 1.82) is 5.53 Å². The molecule has 1 unspecified atom stereocenters. The Morgan fingerprint density at radius 3 is 1.97 bits per heavy atom. The van der Waals surface area contributed by atoms with Crippen molar-refractivity contribution in [3.63, 3.8) is 0 Å². The zero-order chi connectivity index (χ0) is 28.7. The largest absolute Gasteiger partial charge is 0.366 e. The quantitative estimate of drug-likeness (QED) is 0.173. The number of guanidine groups is 1. The molecule has 0 bridgehead atoms. The third kappa shape index (κ3) is 7.83. The van der Waals surface area contributed by atoms with Crippen LogP contribution in [-0.2, 0) is 12.0 Å². The minimum Gasteiger partial charge on any atom is -0.366 e. The maximum Gasteiger partial charge on any atom is 0.322 e. The van der Waals surface area contributed by atoms with E-state index < -0.39 is 11.9 Å². The molecule has 0 spiro atoms. The van der Waals surface area contributed by atoms with Crippen molar-refractivity contribution in [2.45, 2.75) is 65.5 Å². The highest BCUT2D eigenvalue weighted by molar-refractivity contribution is 6.02. The second kappa shape index (κ2) is 12.5. The molecule has 4 N–H and O–H groups in total. The van der Waals surface area contributed by atoms with Crippen LogP contribution in [0.5, 0.6) is 0 Å². The Morgan fingerprint density at radius 1 is 0.897 bits per heavy atom. The van der Waals surface area contributed by atoms with E-state index >= 15 is 0 Å². The molecule has 0 radical (unpaired) electrons. The summed E-state index contributed by atoms with van der Waals surface area (Å²) in [4.78, 5) is 31.1. The number of carbonyl (C=O) groups excluding carboxylic acids is 2. The highest BCUT2D eigenvalue weighted by Crippen LogP contribution is 2.27. The van der Waals surface area contributed by atoms with Gasteiger partial charge in [-0.3, -0.25) is 9.69 Å². The van der Waals surface area contributed by atoms with Crippen LogP contribution in [0.15, 0.2) is 82.9 Å². The van der Waals surface area contributed by atoms with Gasteiger partial charge in [-0.2, -0.15) is 4.99 Å². The number of urea groups is 1. The van der Waals surface area contributed by atoms with Crippen LogP contribution in [0.25, 0.3) is 0 Å². The lowest BCUT2D eigenvalue weighted by molar-refractivity contribution is 0.100. The van der Waals surface area contributed by atoms with Gasteiger partial charge in [0.2, 0.25) is 5.96 Å². The van der Waals surface area contributed by atoms with E-state index in [2.05, 4.69) is 74.3 Å². The Morgan fingerprint density at radius 2 is 1.46 bits per heavy atom. The molecular weight excluding hydrogens is 488 g/mol. The number of nitrogens with zero attached hydrogens (tertiary/aromatic N) is 3. The van der Waals surface area contributed by atoms with Crippen molar-refractivity contribution in [1.82, 2.24) is 5.32 Å². The summed E-state index contributed by atoms with van der Waals surface area (Å²) in [5.41, 5.74) is 17.6. The molecule has 8 nitrogen and oxygen atoms in total. The average molecular weight is 527 g/mol. The van der Waals surface area contributed by atoms with Gasteiger partial charge in [-0.25, -0.2) is 10.3 Å². The highest BCUT2D eigenvalue weighted by Gasteiger charge is 2.21. The summed E-state index contributed by atoms with van der Waals surface area (Å²) >= 11 is 0. The minimum absolute atomic E-state index is 0.0101. The van der Waals surface area contributed by atoms with Gasteiger partial charge in [0.05, 0.1) is 12.6 Å². The number of nitrogens with two attached hydrogens (primary N) is 1. The van der Waals surface area contributed by atoms with Gasteiger partial charge >= 0.3 is 6.03 Å². The Kier molecular flexibility index (Phi) is 9.35. The Balaban J connectivity index is 1.86. The molecule has 0 saturated heterocycles. The smallest absolute Gasteiger partial charge is 0.322 e. The molecule has 0 saturated carbocycles. The van der Waals surface area contributed by atoms with Gasteiger partial charge in [-0.05, 0) is 64.8 Å². The number of anilines is 1. The molecule has 8 heteroatoms. The van der Waals surface area contributed by atoms with Crippen molar-refractivity contribution in [3.05, 3.63) is 101 Å². The zero-order valence-electron chi connectivity index (χ0n) is 23.5. The first-order valence-electron chi connectivity index (χ1n) is 13.0. The number of rotatable bonds is 7. The second-order valence-corrected chi connectivity index (χ2v) is 11.0. The maximum absolute atomic E-state index is 13.6. The van der Waals surface area contributed by atoms with E-state index in [0.717, 1.165) is 16.8 Å². The van der Waals surface area contributed by atoms with Gasteiger partial charge in [0.1, 0.15) is 0 Å². The maximum atomic E-state index is 13.6. The molecule has 1 atom stereocenters. The zero-order valence-corrected chi connectivity index (χ0v) is 23.5. The lowest BCUT2D eigenvalue weighted by Crippen LogP contribution is -2.40. The topological polar surface area (TPSA) is 124 Å². The van der Waals surface area contributed by atoms with Crippen LogP contribution in [0.2, 0.25) is 0 Å². The summed E-state index contributed by atoms with van der Waals surface area (Å²) in [6, 6.07) is 22.7. The average Bonchev–Trinajstić information content (AvgIpc) is 2.91. The number of nitrogens with one attached hydrogen (secondary N) is 2. The molecule has 3 rings (SSSR count). The van der Waals surface area contributed by atoms with Crippen LogP contribution in [0.1, 0.15) is 86.1 Å². The molecule has 3 aromatic rings. The number of aliphatic imine (C=N–C) groups is 1. The molecule has 3 amide bonds. The number of benzene rings is 3. The Labute approximate surface area is 230 Å². The van der Waals surface area contributed by atoms with Gasteiger partial charge in [-0.1, -0.05) is 83.1 Å². The normalized spacial score (nSPS) is 12.6. The van der Waals surface area contributed by atoms with E-state index in [0.29, 0.717) is 18.0 Å². The predicted octanol–water partition coefficient (Wildman–Crippen LogP) is 7.07. The van der Waals surface area contributed by atoms with Crippen LogP contribution in [-0.4, -0.2) is 17.9 Å². The van der Waals surface area contributed by atoms with Crippen LogP contribution in [0.4, 0.5) is 10.5 Å². The highest BCUT2D eigenvalue weighted by atomic mass is 16.2. The minimum atomic E-state index is -0.584. The molecule has 0 aliphatic carbocycles. The molecule has 0 aliphatic rings. The van der Waals surface area contributed by atoms with Crippen molar-refractivity contribution in [2.24, 2.45) is 15.8 Å². The number of amides is 3. The molecule has 0 aliphatic heterocycles. The van der Waals surface area contributed by atoms with E-state index in [1.54, 1.807) is 29.2 Å². The first kappa shape index (κ1) is 29.2. The number of carbonyl (C=O) groups is 2. The lowest BCUT2D eigenvalue weighted by Gasteiger charge is -2.27. The summed E-state index contributed by atoms with van der Waals surface area (Å²) < 4.78 is 0. The summed E-state index contributed by atoms with van der Waals surface area (Å²) in [6.45, 7) is 13.0. The molecule has 204 valence electrons. The fraction of sp³-hybridized carbons (Fsp3) is 0.323. The van der Waals surface area contributed by atoms with E-state index in [1.807, 2.05) is 31.2 Å². The molecule has 0 heterocycles. The standard InChI is InChI=1S/C31H38N6O2/c1-20(2)23-11-13-24(14-12-23)21(3)34-30(39)37(27-17-15-26(16-18-27)31(4,5)6)19-22-7-9-25(10-8-22)28(38)35-29(32)36-33/h7-18,20-21,33H,19H2,1-6H3,(H,34,39)(H2,32,35,38). The Hall–Kier alpha value is -4.33. The predicted molar refractivity (Wildman–Crippen MR) is 156 cm³/mol. The van der Waals surface area contributed by atoms with Crippen molar-refractivity contribution in [3.8, 4) is 0 Å².